The van der Waals surface area contributed by atoms with E-state index in [0.29, 0.717) is 5.92 Å². The summed E-state index contributed by atoms with van der Waals surface area (Å²) in [6.07, 6.45) is 0. The van der Waals surface area contributed by atoms with Crippen molar-refractivity contribution in [1.82, 2.24) is 10.6 Å². The highest BCUT2D eigenvalue weighted by molar-refractivity contribution is 4.63. The fraction of sp³-hybridized carbons (Fsp3) is 1.00. The number of aliphatic hydroxyl groups excluding tert-OH is 1. The van der Waals surface area contributed by atoms with Crippen LogP contribution in [-0.4, -0.2) is 37.4 Å². The molecule has 0 rings (SSSR count). The highest BCUT2D eigenvalue weighted by atomic mass is 16.3. The maximum Gasteiger partial charge on any atom is 0.0581 e. The molecule has 3 N–H and O–H groups in total. The zero-order valence-electron chi connectivity index (χ0n) is 8.43. The number of hydrogen-bond donors (Lipinski definition) is 3. The molecule has 0 saturated heterocycles. The molecule has 3 nitrogen and oxygen atoms in total. The molecule has 0 spiro atoms. The van der Waals surface area contributed by atoms with Gasteiger partial charge in [-0.25, -0.2) is 0 Å². The predicted molar refractivity (Wildman–Crippen MR) is 52.3 cm³/mol. The first-order valence-electron chi connectivity index (χ1n) is 4.75. The van der Waals surface area contributed by atoms with Gasteiger partial charge < -0.3 is 15.7 Å². The second-order valence-electron chi connectivity index (χ2n) is 3.40. The minimum atomic E-state index is 0.216. The van der Waals surface area contributed by atoms with Crippen LogP contribution in [0.1, 0.15) is 20.8 Å². The molecule has 0 fully saturated rings. The monoisotopic (exact) mass is 174 g/mol. The van der Waals surface area contributed by atoms with Crippen molar-refractivity contribution >= 4 is 0 Å². The molecule has 3 heteroatoms. The summed E-state index contributed by atoms with van der Waals surface area (Å²) in [7, 11) is 0. The Morgan fingerprint density at radius 3 is 2.42 bits per heavy atom. The van der Waals surface area contributed by atoms with E-state index >= 15 is 0 Å². The summed E-state index contributed by atoms with van der Waals surface area (Å²) in [4.78, 5) is 0. The third-order valence-corrected chi connectivity index (χ3v) is 1.83. The van der Waals surface area contributed by atoms with E-state index in [0.717, 1.165) is 19.6 Å². The van der Waals surface area contributed by atoms with Gasteiger partial charge in [-0.1, -0.05) is 13.8 Å². The van der Waals surface area contributed by atoms with Crippen LogP contribution in [0.4, 0.5) is 0 Å². The van der Waals surface area contributed by atoms with Gasteiger partial charge in [-0.2, -0.15) is 0 Å². The van der Waals surface area contributed by atoms with Gasteiger partial charge in [0.25, 0.3) is 0 Å². The largest absolute Gasteiger partial charge is 0.395 e. The van der Waals surface area contributed by atoms with Gasteiger partial charge in [-0.3, -0.25) is 0 Å². The SMILES string of the molecule is CCNCC(C)CNC(C)CO. The Labute approximate surface area is 75.6 Å². The van der Waals surface area contributed by atoms with E-state index in [9.17, 15) is 0 Å². The van der Waals surface area contributed by atoms with Crippen molar-refractivity contribution in [3.05, 3.63) is 0 Å². The van der Waals surface area contributed by atoms with Crippen LogP contribution in [0.25, 0.3) is 0 Å². The molecule has 2 unspecified atom stereocenters. The normalized spacial score (nSPS) is 16.0. The summed E-state index contributed by atoms with van der Waals surface area (Å²) in [5.41, 5.74) is 0. The maximum absolute atomic E-state index is 8.75. The molecule has 0 aliphatic carbocycles. The van der Waals surface area contributed by atoms with Crippen molar-refractivity contribution in [2.24, 2.45) is 5.92 Å². The van der Waals surface area contributed by atoms with E-state index < -0.39 is 0 Å². The molecule has 0 radical (unpaired) electrons. The average molecular weight is 174 g/mol. The van der Waals surface area contributed by atoms with Gasteiger partial charge in [0.05, 0.1) is 6.61 Å². The Hall–Kier alpha value is -0.120. The van der Waals surface area contributed by atoms with E-state index in [-0.39, 0.29) is 12.6 Å². The van der Waals surface area contributed by atoms with Gasteiger partial charge in [-0.15, -0.1) is 0 Å². The molecule has 0 amide bonds. The van der Waals surface area contributed by atoms with Crippen molar-refractivity contribution < 1.29 is 5.11 Å². The molecule has 0 saturated carbocycles. The maximum atomic E-state index is 8.75. The van der Waals surface area contributed by atoms with Crippen LogP contribution in [0, 0.1) is 5.92 Å². The van der Waals surface area contributed by atoms with E-state index in [1.54, 1.807) is 0 Å². The van der Waals surface area contributed by atoms with E-state index in [1.165, 1.54) is 0 Å². The fourth-order valence-electron chi connectivity index (χ4n) is 0.930. The number of rotatable bonds is 7. The molecule has 12 heavy (non-hydrogen) atoms. The first-order chi connectivity index (χ1) is 5.70. The Bertz CT molecular complexity index is 98.5. The standard InChI is InChI=1S/C9H22N2O/c1-4-10-5-8(2)6-11-9(3)7-12/h8-12H,4-7H2,1-3H3. The lowest BCUT2D eigenvalue weighted by Crippen LogP contribution is -2.36. The van der Waals surface area contributed by atoms with Crippen molar-refractivity contribution in [3.63, 3.8) is 0 Å². The van der Waals surface area contributed by atoms with E-state index in [1.807, 2.05) is 6.92 Å². The molecule has 0 aromatic rings. The molecule has 0 aliphatic heterocycles. The van der Waals surface area contributed by atoms with Crippen molar-refractivity contribution in [2.75, 3.05) is 26.2 Å². The Morgan fingerprint density at radius 1 is 1.25 bits per heavy atom. The van der Waals surface area contributed by atoms with Gasteiger partial charge in [-0.05, 0) is 32.5 Å². The van der Waals surface area contributed by atoms with Crippen molar-refractivity contribution in [3.8, 4) is 0 Å². The summed E-state index contributed by atoms with van der Waals surface area (Å²) in [5, 5.41) is 15.3. The molecule has 0 bridgehead atoms. The van der Waals surface area contributed by atoms with Crippen LogP contribution in [0.2, 0.25) is 0 Å². The van der Waals surface area contributed by atoms with Gasteiger partial charge in [0, 0.05) is 6.04 Å². The number of aliphatic hydroxyl groups is 1. The van der Waals surface area contributed by atoms with Crippen LogP contribution in [-0.2, 0) is 0 Å². The lowest BCUT2D eigenvalue weighted by atomic mass is 10.1. The van der Waals surface area contributed by atoms with Gasteiger partial charge in [0.15, 0.2) is 0 Å². The molecule has 0 heterocycles. The summed E-state index contributed by atoms with van der Waals surface area (Å²) < 4.78 is 0. The molecular formula is C9H22N2O. The average Bonchev–Trinajstić information content (AvgIpc) is 2.10. The molecular weight excluding hydrogens is 152 g/mol. The number of hydrogen-bond acceptors (Lipinski definition) is 3. The lowest BCUT2D eigenvalue weighted by molar-refractivity contribution is 0.247. The summed E-state index contributed by atoms with van der Waals surface area (Å²) in [6.45, 7) is 9.54. The van der Waals surface area contributed by atoms with Gasteiger partial charge in [0.1, 0.15) is 0 Å². The molecule has 0 aromatic heterocycles. The van der Waals surface area contributed by atoms with Crippen molar-refractivity contribution in [1.29, 1.82) is 0 Å². The molecule has 0 aromatic carbocycles. The highest BCUT2D eigenvalue weighted by Crippen LogP contribution is 1.90. The third kappa shape index (κ3) is 6.58. The second-order valence-corrected chi connectivity index (χ2v) is 3.40. The Kier molecular flexibility index (Phi) is 7.45. The zero-order valence-corrected chi connectivity index (χ0v) is 8.43. The van der Waals surface area contributed by atoms with Crippen LogP contribution in [0.15, 0.2) is 0 Å². The third-order valence-electron chi connectivity index (χ3n) is 1.83. The van der Waals surface area contributed by atoms with Crippen LogP contribution in [0.5, 0.6) is 0 Å². The van der Waals surface area contributed by atoms with E-state index in [2.05, 4.69) is 24.5 Å². The summed E-state index contributed by atoms with van der Waals surface area (Å²) in [6, 6.07) is 0.217. The first-order valence-corrected chi connectivity index (χ1v) is 4.75. The quantitative estimate of drug-likeness (QED) is 0.517. The second kappa shape index (κ2) is 7.53. The minimum absolute atomic E-state index is 0.216. The topological polar surface area (TPSA) is 44.3 Å². The lowest BCUT2D eigenvalue weighted by Gasteiger charge is -2.16. The minimum Gasteiger partial charge on any atom is -0.395 e. The fourth-order valence-corrected chi connectivity index (χ4v) is 0.930. The summed E-state index contributed by atoms with van der Waals surface area (Å²) >= 11 is 0. The number of nitrogens with one attached hydrogen (secondary N) is 2. The molecule has 2 atom stereocenters. The van der Waals surface area contributed by atoms with Gasteiger partial charge >= 0.3 is 0 Å². The van der Waals surface area contributed by atoms with Gasteiger partial charge in [0.2, 0.25) is 0 Å². The van der Waals surface area contributed by atoms with Crippen LogP contribution in [0.3, 0.4) is 0 Å². The predicted octanol–water partition coefficient (Wildman–Crippen LogP) is 0.202. The zero-order chi connectivity index (χ0) is 9.40. The smallest absolute Gasteiger partial charge is 0.0581 e. The highest BCUT2D eigenvalue weighted by Gasteiger charge is 2.03. The van der Waals surface area contributed by atoms with Crippen molar-refractivity contribution in [2.45, 2.75) is 26.8 Å². The summed E-state index contributed by atoms with van der Waals surface area (Å²) in [5.74, 6) is 0.624. The molecule has 74 valence electrons. The first kappa shape index (κ1) is 11.9. The Balaban J connectivity index is 3.24. The Morgan fingerprint density at radius 2 is 1.92 bits per heavy atom. The molecule has 0 aliphatic rings. The van der Waals surface area contributed by atoms with Crippen LogP contribution >= 0.6 is 0 Å². The van der Waals surface area contributed by atoms with Crippen LogP contribution < -0.4 is 10.6 Å². The van der Waals surface area contributed by atoms with E-state index in [4.69, 9.17) is 5.11 Å².